The average Bonchev–Trinajstić information content (AvgIpc) is 2.91. The van der Waals surface area contributed by atoms with Gasteiger partial charge in [0.2, 0.25) is 0 Å². The van der Waals surface area contributed by atoms with E-state index in [2.05, 4.69) is 0 Å². The second-order valence-electron chi connectivity index (χ2n) is 5.95. The van der Waals surface area contributed by atoms with E-state index in [4.69, 9.17) is 29.5 Å². The van der Waals surface area contributed by atoms with E-state index in [-0.39, 0.29) is 24.7 Å². The Morgan fingerprint density at radius 1 is 1.21 bits per heavy atom. The number of carbonyl (C=O) groups excluding carboxylic acids is 1. The van der Waals surface area contributed by atoms with Crippen molar-refractivity contribution in [2.45, 2.75) is 12.8 Å². The molecule has 1 aliphatic rings. The summed E-state index contributed by atoms with van der Waals surface area (Å²) in [5, 5.41) is 8.74. The summed E-state index contributed by atoms with van der Waals surface area (Å²) < 4.78 is 15.8. The van der Waals surface area contributed by atoms with Crippen LogP contribution in [0.3, 0.4) is 0 Å². The lowest BCUT2D eigenvalue weighted by atomic mass is 10.2. The highest BCUT2D eigenvalue weighted by Gasteiger charge is 2.31. The third-order valence-corrected chi connectivity index (χ3v) is 5.82. The van der Waals surface area contributed by atoms with Crippen LogP contribution in [0.4, 0.5) is 4.39 Å². The number of hydrogen-bond acceptors (Lipinski definition) is 5. The lowest BCUT2D eigenvalue weighted by Crippen LogP contribution is -2.29. The Morgan fingerprint density at radius 2 is 1.93 bits per heavy atom. The fraction of sp³-hybridized carbons (Fsp3) is 0.158. The summed E-state index contributed by atoms with van der Waals surface area (Å²) in [6.45, 7) is 0.263. The number of thioether (sulfide) groups is 1. The predicted octanol–water partition coefficient (Wildman–Crippen LogP) is 4.41. The summed E-state index contributed by atoms with van der Waals surface area (Å²) in [4.78, 5) is 25.1. The van der Waals surface area contributed by atoms with Gasteiger partial charge in [0.15, 0.2) is 0 Å². The fourth-order valence-electron chi connectivity index (χ4n) is 2.65. The van der Waals surface area contributed by atoms with Crippen molar-refractivity contribution in [2.75, 3.05) is 6.54 Å². The Hall–Kier alpha value is -2.36. The molecule has 0 unspecified atom stereocenters. The van der Waals surface area contributed by atoms with Crippen molar-refractivity contribution in [1.29, 1.82) is 0 Å². The fourth-order valence-corrected chi connectivity index (χ4v) is 4.24. The van der Waals surface area contributed by atoms with Crippen LogP contribution in [0.15, 0.2) is 47.5 Å². The first-order valence-electron chi connectivity index (χ1n) is 8.31. The maximum atomic E-state index is 13.2. The van der Waals surface area contributed by atoms with Gasteiger partial charge >= 0.3 is 5.97 Å². The van der Waals surface area contributed by atoms with Crippen molar-refractivity contribution >= 4 is 58.5 Å². The molecule has 0 aliphatic carbocycles. The first kappa shape index (κ1) is 20.4. The first-order valence-corrected chi connectivity index (χ1v) is 9.95. The van der Waals surface area contributed by atoms with Gasteiger partial charge in [-0.25, -0.2) is 4.39 Å². The summed E-state index contributed by atoms with van der Waals surface area (Å²) in [7, 11) is 0. The number of hydrogen-bond donors (Lipinski definition) is 1. The monoisotopic (exact) mass is 434 g/mol. The van der Waals surface area contributed by atoms with E-state index >= 15 is 0 Å². The Balaban J connectivity index is 1.86. The molecule has 3 rings (SSSR count). The van der Waals surface area contributed by atoms with Gasteiger partial charge in [0.1, 0.15) is 14.8 Å². The number of carboxylic acid groups (broad SMARTS) is 1. The summed E-state index contributed by atoms with van der Waals surface area (Å²) in [5.74, 6) is -1.50. The van der Waals surface area contributed by atoms with E-state index in [0.29, 0.717) is 31.5 Å². The van der Waals surface area contributed by atoms with Crippen molar-refractivity contribution in [1.82, 2.24) is 9.47 Å². The molecule has 1 aromatic heterocycles. The zero-order valence-electron chi connectivity index (χ0n) is 14.5. The van der Waals surface area contributed by atoms with Gasteiger partial charge in [0, 0.05) is 30.4 Å². The standard InChI is InChI=1S/C19H15FN2O3S3/c20-13-5-7-14(8-6-13)21-9-1-3-12(18(21)26)11-15-17(25)22(19(27)28-15)10-2-4-16(23)24/h1,3,5-9,11H,2,4,10H2,(H,23,24). The number of thiocarbonyl (C=S) groups is 1. The topological polar surface area (TPSA) is 62.5 Å². The third kappa shape index (κ3) is 4.54. The molecular weight excluding hydrogens is 419 g/mol. The number of carboxylic acids is 1. The number of nitrogens with zero attached hydrogens (tertiary/aromatic N) is 2. The second kappa shape index (κ2) is 8.76. The van der Waals surface area contributed by atoms with Crippen LogP contribution < -0.4 is 0 Å². The molecule has 9 heteroatoms. The Labute approximate surface area is 175 Å². The Morgan fingerprint density at radius 3 is 2.61 bits per heavy atom. The van der Waals surface area contributed by atoms with Crippen LogP contribution in [-0.2, 0) is 9.59 Å². The highest BCUT2D eigenvalue weighted by molar-refractivity contribution is 8.26. The number of aliphatic carboxylic acids is 1. The molecule has 0 atom stereocenters. The molecule has 0 spiro atoms. The van der Waals surface area contributed by atoms with Gasteiger partial charge in [-0.15, -0.1) is 0 Å². The molecule has 5 nitrogen and oxygen atoms in total. The first-order chi connectivity index (χ1) is 13.4. The van der Waals surface area contributed by atoms with E-state index in [9.17, 15) is 14.0 Å². The molecule has 1 aromatic carbocycles. The SMILES string of the molecule is O=C(O)CCCN1C(=O)C(=Cc2cccn(-c3ccc(F)cc3)c2=S)SC1=S. The van der Waals surface area contributed by atoms with Crippen LogP contribution in [-0.4, -0.2) is 37.3 Å². The zero-order chi connectivity index (χ0) is 20.3. The summed E-state index contributed by atoms with van der Waals surface area (Å²) >= 11 is 11.9. The molecule has 1 fully saturated rings. The summed E-state index contributed by atoms with van der Waals surface area (Å²) in [6.07, 6.45) is 3.75. The van der Waals surface area contributed by atoms with E-state index in [1.807, 2.05) is 0 Å². The Kier molecular flexibility index (Phi) is 6.38. The maximum absolute atomic E-state index is 13.2. The minimum absolute atomic E-state index is 0.0250. The molecule has 0 bridgehead atoms. The highest BCUT2D eigenvalue weighted by Crippen LogP contribution is 2.33. The lowest BCUT2D eigenvalue weighted by molar-refractivity contribution is -0.137. The second-order valence-corrected chi connectivity index (χ2v) is 8.01. The van der Waals surface area contributed by atoms with Crippen LogP contribution in [0.2, 0.25) is 0 Å². The van der Waals surface area contributed by atoms with Gasteiger partial charge in [0.25, 0.3) is 5.91 Å². The molecule has 1 saturated heterocycles. The number of halogens is 1. The summed E-state index contributed by atoms with van der Waals surface area (Å²) in [5.41, 5.74) is 1.37. The number of rotatable bonds is 6. The van der Waals surface area contributed by atoms with Crippen molar-refractivity contribution in [2.24, 2.45) is 0 Å². The molecule has 28 heavy (non-hydrogen) atoms. The number of pyridine rings is 1. The predicted molar refractivity (Wildman–Crippen MR) is 113 cm³/mol. The molecule has 0 radical (unpaired) electrons. The van der Waals surface area contributed by atoms with Crippen LogP contribution >= 0.6 is 36.2 Å². The summed E-state index contributed by atoms with van der Waals surface area (Å²) in [6, 6.07) is 9.53. The molecule has 1 N–H and O–H groups in total. The molecule has 0 saturated carbocycles. The molecule has 2 aromatic rings. The molecule has 2 heterocycles. The number of amides is 1. The lowest BCUT2D eigenvalue weighted by Gasteiger charge is -2.13. The quantitative estimate of drug-likeness (QED) is 0.537. The largest absolute Gasteiger partial charge is 0.481 e. The minimum atomic E-state index is -0.911. The Bertz CT molecular complexity index is 1030. The molecular formula is C19H15FN2O3S3. The van der Waals surface area contributed by atoms with Crippen LogP contribution in [0.5, 0.6) is 0 Å². The van der Waals surface area contributed by atoms with E-state index in [1.54, 1.807) is 41.1 Å². The highest BCUT2D eigenvalue weighted by atomic mass is 32.2. The van der Waals surface area contributed by atoms with Crippen LogP contribution in [0.25, 0.3) is 11.8 Å². The molecule has 1 aliphatic heterocycles. The van der Waals surface area contributed by atoms with Gasteiger partial charge in [0.05, 0.1) is 4.91 Å². The van der Waals surface area contributed by atoms with Crippen molar-refractivity contribution in [3.63, 3.8) is 0 Å². The van der Waals surface area contributed by atoms with Gasteiger partial charge in [-0.1, -0.05) is 42.3 Å². The zero-order valence-corrected chi connectivity index (χ0v) is 17.0. The van der Waals surface area contributed by atoms with Crippen molar-refractivity contribution in [3.8, 4) is 5.69 Å². The third-order valence-electron chi connectivity index (χ3n) is 4.01. The van der Waals surface area contributed by atoms with Crippen molar-refractivity contribution < 1.29 is 19.1 Å². The maximum Gasteiger partial charge on any atom is 0.303 e. The van der Waals surface area contributed by atoms with Crippen LogP contribution in [0, 0.1) is 10.5 Å². The van der Waals surface area contributed by atoms with E-state index in [0.717, 1.165) is 11.8 Å². The molecule has 1 amide bonds. The molecule has 144 valence electrons. The van der Waals surface area contributed by atoms with Crippen LogP contribution in [0.1, 0.15) is 18.4 Å². The van der Waals surface area contributed by atoms with E-state index < -0.39 is 5.97 Å². The normalized spacial score (nSPS) is 15.5. The van der Waals surface area contributed by atoms with Gasteiger partial charge < -0.3 is 9.67 Å². The number of carbonyl (C=O) groups is 2. The number of benzene rings is 1. The minimum Gasteiger partial charge on any atom is -0.481 e. The van der Waals surface area contributed by atoms with Crippen molar-refractivity contribution in [3.05, 3.63) is 63.5 Å². The van der Waals surface area contributed by atoms with E-state index in [1.165, 1.54) is 17.0 Å². The number of aromatic nitrogens is 1. The van der Waals surface area contributed by atoms with Gasteiger partial charge in [-0.2, -0.15) is 0 Å². The average molecular weight is 435 g/mol. The van der Waals surface area contributed by atoms with Gasteiger partial charge in [-0.05, 0) is 42.8 Å². The van der Waals surface area contributed by atoms with Gasteiger partial charge in [-0.3, -0.25) is 14.5 Å². The smallest absolute Gasteiger partial charge is 0.303 e.